The number of aromatic nitrogens is 2. The van der Waals surface area contributed by atoms with Crippen molar-refractivity contribution in [2.24, 2.45) is 5.73 Å². The number of carbonyl (C=O) groups is 1. The SMILES string of the molecule is NC(=O)c1cc(N)cc(Cl)c1-n1cc(Cl)cn1. The first-order chi connectivity index (χ1) is 7.99. The van der Waals surface area contributed by atoms with Crippen molar-refractivity contribution in [2.75, 3.05) is 5.73 Å². The first-order valence-electron chi connectivity index (χ1n) is 4.58. The fourth-order valence-electron chi connectivity index (χ4n) is 1.46. The topological polar surface area (TPSA) is 86.9 Å². The molecule has 5 nitrogen and oxygen atoms in total. The van der Waals surface area contributed by atoms with E-state index in [4.69, 9.17) is 34.7 Å². The summed E-state index contributed by atoms with van der Waals surface area (Å²) in [6, 6.07) is 2.96. The highest BCUT2D eigenvalue weighted by molar-refractivity contribution is 6.33. The van der Waals surface area contributed by atoms with Crippen molar-refractivity contribution < 1.29 is 4.79 Å². The fraction of sp³-hybridized carbons (Fsp3) is 0. The van der Waals surface area contributed by atoms with Crippen LogP contribution in [0.3, 0.4) is 0 Å². The van der Waals surface area contributed by atoms with Gasteiger partial charge in [-0.3, -0.25) is 4.79 Å². The van der Waals surface area contributed by atoms with Crippen LogP contribution in [0.2, 0.25) is 10.0 Å². The van der Waals surface area contributed by atoms with Crippen LogP contribution in [0.25, 0.3) is 5.69 Å². The van der Waals surface area contributed by atoms with Gasteiger partial charge in [0.2, 0.25) is 0 Å². The second-order valence-corrected chi connectivity index (χ2v) is 4.21. The molecule has 1 amide bonds. The number of halogens is 2. The Kier molecular flexibility index (Phi) is 2.95. The monoisotopic (exact) mass is 270 g/mol. The van der Waals surface area contributed by atoms with Gasteiger partial charge in [-0.05, 0) is 12.1 Å². The van der Waals surface area contributed by atoms with Crippen LogP contribution < -0.4 is 11.5 Å². The van der Waals surface area contributed by atoms with Crippen LogP contribution in [-0.4, -0.2) is 15.7 Å². The second kappa shape index (κ2) is 4.27. The number of anilines is 1. The van der Waals surface area contributed by atoms with Gasteiger partial charge < -0.3 is 11.5 Å². The van der Waals surface area contributed by atoms with Crippen molar-refractivity contribution in [1.29, 1.82) is 0 Å². The Labute approximate surface area is 107 Å². The lowest BCUT2D eigenvalue weighted by Crippen LogP contribution is -2.16. The molecule has 0 unspecified atom stereocenters. The number of benzene rings is 1. The molecule has 2 aromatic rings. The van der Waals surface area contributed by atoms with Crippen LogP contribution >= 0.6 is 23.2 Å². The summed E-state index contributed by atoms with van der Waals surface area (Å²) in [5, 5.41) is 4.67. The molecule has 0 aliphatic carbocycles. The highest BCUT2D eigenvalue weighted by atomic mass is 35.5. The minimum atomic E-state index is -0.638. The van der Waals surface area contributed by atoms with Crippen LogP contribution in [0.1, 0.15) is 10.4 Å². The molecule has 1 heterocycles. The maximum absolute atomic E-state index is 11.3. The molecule has 4 N–H and O–H groups in total. The van der Waals surface area contributed by atoms with Crippen molar-refractivity contribution >= 4 is 34.8 Å². The van der Waals surface area contributed by atoms with E-state index in [1.165, 1.54) is 29.2 Å². The molecule has 1 aromatic carbocycles. The number of carbonyl (C=O) groups excluding carboxylic acids is 1. The zero-order chi connectivity index (χ0) is 12.6. The van der Waals surface area contributed by atoms with Crippen molar-refractivity contribution in [1.82, 2.24) is 9.78 Å². The van der Waals surface area contributed by atoms with E-state index in [0.717, 1.165) is 0 Å². The average Bonchev–Trinajstić information content (AvgIpc) is 2.63. The van der Waals surface area contributed by atoms with Gasteiger partial charge >= 0.3 is 0 Å². The lowest BCUT2D eigenvalue weighted by Gasteiger charge is -2.10. The third-order valence-electron chi connectivity index (χ3n) is 2.13. The Morgan fingerprint density at radius 3 is 2.59 bits per heavy atom. The van der Waals surface area contributed by atoms with Crippen molar-refractivity contribution in [3.05, 3.63) is 40.1 Å². The predicted molar refractivity (Wildman–Crippen MR) is 66.5 cm³/mol. The first-order valence-corrected chi connectivity index (χ1v) is 5.34. The largest absolute Gasteiger partial charge is 0.399 e. The van der Waals surface area contributed by atoms with Crippen LogP contribution in [0.5, 0.6) is 0 Å². The molecule has 0 spiro atoms. The maximum atomic E-state index is 11.3. The molecule has 0 bridgehead atoms. The minimum Gasteiger partial charge on any atom is -0.399 e. The summed E-state index contributed by atoms with van der Waals surface area (Å²) >= 11 is 11.8. The predicted octanol–water partition coefficient (Wildman–Crippen LogP) is 1.86. The smallest absolute Gasteiger partial charge is 0.251 e. The van der Waals surface area contributed by atoms with E-state index < -0.39 is 5.91 Å². The molecule has 88 valence electrons. The molecule has 0 fully saturated rings. The normalized spacial score (nSPS) is 10.5. The number of nitrogen functional groups attached to an aromatic ring is 1. The molecule has 0 saturated carbocycles. The van der Waals surface area contributed by atoms with Crippen LogP contribution in [0, 0.1) is 0 Å². The van der Waals surface area contributed by atoms with Crippen LogP contribution in [0.15, 0.2) is 24.5 Å². The number of primary amides is 1. The Hall–Kier alpha value is -1.72. The molecule has 2 rings (SSSR count). The molecule has 0 aliphatic rings. The van der Waals surface area contributed by atoms with E-state index >= 15 is 0 Å². The maximum Gasteiger partial charge on any atom is 0.251 e. The molecular weight excluding hydrogens is 263 g/mol. The first kappa shape index (κ1) is 11.8. The van der Waals surface area contributed by atoms with Gasteiger partial charge in [0, 0.05) is 11.9 Å². The highest BCUT2D eigenvalue weighted by Gasteiger charge is 2.15. The van der Waals surface area contributed by atoms with E-state index in [9.17, 15) is 4.79 Å². The van der Waals surface area contributed by atoms with Crippen molar-refractivity contribution in [2.45, 2.75) is 0 Å². The van der Waals surface area contributed by atoms with Gasteiger partial charge in [-0.25, -0.2) is 4.68 Å². The quantitative estimate of drug-likeness (QED) is 0.817. The molecule has 0 radical (unpaired) electrons. The molecule has 0 atom stereocenters. The standard InChI is InChI=1S/C10H8Cl2N4O/c11-5-3-15-16(4-5)9-7(10(14)17)1-6(13)2-8(9)12/h1-4H,13H2,(H2,14,17). The summed E-state index contributed by atoms with van der Waals surface area (Å²) in [6.45, 7) is 0. The third-order valence-corrected chi connectivity index (χ3v) is 2.61. The number of hydrogen-bond donors (Lipinski definition) is 2. The van der Waals surface area contributed by atoms with Crippen molar-refractivity contribution in [3.8, 4) is 5.69 Å². The van der Waals surface area contributed by atoms with Gasteiger partial charge in [0.25, 0.3) is 5.91 Å². The summed E-state index contributed by atoms with van der Waals surface area (Å²) in [7, 11) is 0. The number of nitrogens with zero attached hydrogens (tertiary/aromatic N) is 2. The minimum absolute atomic E-state index is 0.190. The molecular formula is C10H8Cl2N4O. The molecule has 1 aromatic heterocycles. The lowest BCUT2D eigenvalue weighted by molar-refractivity contribution is 0.1000. The summed E-state index contributed by atoms with van der Waals surface area (Å²) in [6.07, 6.45) is 2.95. The van der Waals surface area contributed by atoms with E-state index in [1.54, 1.807) is 0 Å². The number of amides is 1. The van der Waals surface area contributed by atoms with Crippen molar-refractivity contribution in [3.63, 3.8) is 0 Å². The number of rotatable bonds is 2. The van der Waals surface area contributed by atoms with Crippen LogP contribution in [-0.2, 0) is 0 Å². The number of hydrogen-bond acceptors (Lipinski definition) is 3. The van der Waals surface area contributed by atoms with E-state index in [0.29, 0.717) is 16.4 Å². The second-order valence-electron chi connectivity index (χ2n) is 3.37. The van der Waals surface area contributed by atoms with Crippen LogP contribution in [0.4, 0.5) is 5.69 Å². The summed E-state index contributed by atoms with van der Waals surface area (Å²) in [5.41, 5.74) is 11.8. The zero-order valence-electron chi connectivity index (χ0n) is 8.52. The van der Waals surface area contributed by atoms with Gasteiger partial charge in [0.1, 0.15) is 0 Å². The Morgan fingerprint density at radius 2 is 2.06 bits per heavy atom. The van der Waals surface area contributed by atoms with Gasteiger partial charge in [-0.2, -0.15) is 5.10 Å². The van der Waals surface area contributed by atoms with E-state index in [2.05, 4.69) is 5.10 Å². The van der Waals surface area contributed by atoms with Gasteiger partial charge in [0.05, 0.1) is 27.5 Å². The molecule has 7 heteroatoms. The van der Waals surface area contributed by atoms with Gasteiger partial charge in [-0.1, -0.05) is 23.2 Å². The fourth-order valence-corrected chi connectivity index (χ4v) is 1.91. The Bertz CT molecular complexity index is 594. The lowest BCUT2D eigenvalue weighted by atomic mass is 10.1. The van der Waals surface area contributed by atoms with Gasteiger partial charge in [0.15, 0.2) is 0 Å². The Balaban J connectivity index is 2.71. The molecule has 17 heavy (non-hydrogen) atoms. The van der Waals surface area contributed by atoms with Gasteiger partial charge in [-0.15, -0.1) is 0 Å². The summed E-state index contributed by atoms with van der Waals surface area (Å²) in [4.78, 5) is 11.3. The highest BCUT2D eigenvalue weighted by Crippen LogP contribution is 2.27. The van der Waals surface area contributed by atoms with E-state index in [-0.39, 0.29) is 10.6 Å². The summed E-state index contributed by atoms with van der Waals surface area (Å²) in [5.74, 6) is -0.638. The molecule has 0 saturated heterocycles. The number of nitrogens with two attached hydrogens (primary N) is 2. The molecule has 0 aliphatic heterocycles. The zero-order valence-corrected chi connectivity index (χ0v) is 10.0. The summed E-state index contributed by atoms with van der Waals surface area (Å²) < 4.78 is 1.38. The van der Waals surface area contributed by atoms with E-state index in [1.807, 2.05) is 0 Å². The Morgan fingerprint density at radius 1 is 1.35 bits per heavy atom. The third kappa shape index (κ3) is 2.20. The average molecular weight is 271 g/mol.